The lowest BCUT2D eigenvalue weighted by atomic mass is 10.1. The smallest absolute Gasteiger partial charge is 0.123 e. The number of nitrogens with zero attached hydrogens (tertiary/aromatic N) is 2. The Morgan fingerprint density at radius 3 is 2.26 bits per heavy atom. The van der Waals surface area contributed by atoms with Crippen LogP contribution in [-0.4, -0.2) is 42.2 Å². The summed E-state index contributed by atoms with van der Waals surface area (Å²) in [6, 6.07) is 5.25. The van der Waals surface area contributed by atoms with Crippen LogP contribution in [0.4, 0.5) is 10.1 Å². The minimum Gasteiger partial charge on any atom is -0.389 e. The third-order valence-electron chi connectivity index (χ3n) is 3.82. The van der Waals surface area contributed by atoms with Gasteiger partial charge in [-0.3, -0.25) is 4.90 Å². The molecule has 0 aliphatic carbocycles. The number of hydrogen-bond acceptors (Lipinski definition) is 3. The normalized spacial score (nSPS) is 18.9. The zero-order chi connectivity index (χ0) is 14.0. The quantitative estimate of drug-likeness (QED) is 0.910. The van der Waals surface area contributed by atoms with E-state index in [9.17, 15) is 9.50 Å². The molecule has 0 amide bonds. The molecule has 1 fully saturated rings. The Morgan fingerprint density at radius 2 is 1.74 bits per heavy atom. The van der Waals surface area contributed by atoms with E-state index in [4.69, 9.17) is 0 Å². The van der Waals surface area contributed by atoms with E-state index in [1.807, 2.05) is 0 Å². The summed E-state index contributed by atoms with van der Waals surface area (Å²) >= 11 is 0. The summed E-state index contributed by atoms with van der Waals surface area (Å²) in [6.07, 6.45) is -0.645. The molecule has 2 rings (SSSR count). The number of piperazine rings is 1. The lowest BCUT2D eigenvalue weighted by Gasteiger charge is -2.39. The van der Waals surface area contributed by atoms with Gasteiger partial charge in [0.25, 0.3) is 0 Å². The van der Waals surface area contributed by atoms with Crippen molar-refractivity contribution >= 4 is 5.69 Å². The van der Waals surface area contributed by atoms with Crippen LogP contribution < -0.4 is 4.90 Å². The summed E-state index contributed by atoms with van der Waals surface area (Å²) in [5, 5.41) is 9.80. The molecular weight excluding hydrogens is 243 g/mol. The minimum absolute atomic E-state index is 0.291. The van der Waals surface area contributed by atoms with Gasteiger partial charge in [-0.1, -0.05) is 0 Å². The van der Waals surface area contributed by atoms with Gasteiger partial charge < -0.3 is 10.0 Å². The van der Waals surface area contributed by atoms with Crippen LogP contribution in [0.15, 0.2) is 18.2 Å². The molecule has 0 bridgehead atoms. The summed E-state index contributed by atoms with van der Waals surface area (Å²) in [4.78, 5) is 4.67. The van der Waals surface area contributed by atoms with Crippen molar-refractivity contribution < 1.29 is 9.50 Å². The highest BCUT2D eigenvalue weighted by atomic mass is 19.1. The van der Waals surface area contributed by atoms with Crippen molar-refractivity contribution in [1.82, 2.24) is 4.90 Å². The van der Waals surface area contributed by atoms with E-state index in [1.54, 1.807) is 13.0 Å². The standard InChI is InChI=1S/C15H23FN2O/c1-11(2)17-6-8-18(9-7-17)15-5-4-13(16)10-14(15)12(3)19/h4-5,10-12,19H,6-9H2,1-3H3. The predicted molar refractivity (Wildman–Crippen MR) is 76.0 cm³/mol. The van der Waals surface area contributed by atoms with Crippen molar-refractivity contribution in [1.29, 1.82) is 0 Å². The first-order valence-electron chi connectivity index (χ1n) is 6.95. The molecule has 1 aliphatic heterocycles. The molecule has 1 unspecified atom stereocenters. The zero-order valence-corrected chi connectivity index (χ0v) is 11.9. The maximum Gasteiger partial charge on any atom is 0.123 e. The number of aliphatic hydroxyl groups is 1. The fourth-order valence-electron chi connectivity index (χ4n) is 2.63. The van der Waals surface area contributed by atoms with Gasteiger partial charge in [0.15, 0.2) is 0 Å². The molecule has 1 N–H and O–H groups in total. The largest absolute Gasteiger partial charge is 0.389 e. The number of hydrogen-bond donors (Lipinski definition) is 1. The van der Waals surface area contributed by atoms with Gasteiger partial charge in [0, 0.05) is 43.5 Å². The van der Waals surface area contributed by atoms with E-state index in [-0.39, 0.29) is 5.82 Å². The first-order valence-corrected chi connectivity index (χ1v) is 6.95. The van der Waals surface area contributed by atoms with Gasteiger partial charge >= 0.3 is 0 Å². The third-order valence-corrected chi connectivity index (χ3v) is 3.82. The second-order valence-corrected chi connectivity index (χ2v) is 5.50. The number of anilines is 1. The van der Waals surface area contributed by atoms with Crippen molar-refractivity contribution in [3.63, 3.8) is 0 Å². The molecule has 1 heterocycles. The van der Waals surface area contributed by atoms with E-state index in [2.05, 4.69) is 23.6 Å². The van der Waals surface area contributed by atoms with Crippen LogP contribution in [0.2, 0.25) is 0 Å². The number of aliphatic hydroxyl groups excluding tert-OH is 1. The van der Waals surface area contributed by atoms with Crippen LogP contribution in [-0.2, 0) is 0 Å². The monoisotopic (exact) mass is 266 g/mol. The van der Waals surface area contributed by atoms with Crippen LogP contribution in [0.3, 0.4) is 0 Å². The molecule has 0 radical (unpaired) electrons. The van der Waals surface area contributed by atoms with Gasteiger partial charge in [-0.2, -0.15) is 0 Å². The number of rotatable bonds is 3. The van der Waals surface area contributed by atoms with Gasteiger partial charge in [0.05, 0.1) is 6.10 Å². The highest BCUT2D eigenvalue weighted by molar-refractivity contribution is 5.55. The lowest BCUT2D eigenvalue weighted by Crippen LogP contribution is -2.49. The molecule has 1 saturated heterocycles. The first-order chi connectivity index (χ1) is 8.99. The molecule has 0 spiro atoms. The Morgan fingerprint density at radius 1 is 1.11 bits per heavy atom. The van der Waals surface area contributed by atoms with Gasteiger partial charge in [-0.15, -0.1) is 0 Å². The van der Waals surface area contributed by atoms with Crippen molar-refractivity contribution in [3.8, 4) is 0 Å². The molecule has 1 aliphatic rings. The summed E-state index contributed by atoms with van der Waals surface area (Å²) in [5.74, 6) is -0.291. The van der Waals surface area contributed by atoms with Crippen molar-refractivity contribution in [3.05, 3.63) is 29.6 Å². The number of benzene rings is 1. The Bertz CT molecular complexity index is 426. The van der Waals surface area contributed by atoms with E-state index in [1.165, 1.54) is 12.1 Å². The molecule has 106 valence electrons. The Hall–Kier alpha value is -1.13. The highest BCUT2D eigenvalue weighted by Crippen LogP contribution is 2.28. The van der Waals surface area contributed by atoms with Crippen molar-refractivity contribution in [2.45, 2.75) is 32.9 Å². The molecule has 4 heteroatoms. The molecule has 1 atom stereocenters. The average Bonchev–Trinajstić information content (AvgIpc) is 2.38. The summed E-state index contributed by atoms with van der Waals surface area (Å²) in [7, 11) is 0. The van der Waals surface area contributed by atoms with E-state index in [0.29, 0.717) is 11.6 Å². The van der Waals surface area contributed by atoms with Crippen molar-refractivity contribution in [2.75, 3.05) is 31.1 Å². The second kappa shape index (κ2) is 5.88. The topological polar surface area (TPSA) is 26.7 Å². The Kier molecular flexibility index (Phi) is 4.42. The van der Waals surface area contributed by atoms with Gasteiger partial charge in [-0.05, 0) is 39.0 Å². The Balaban J connectivity index is 2.15. The van der Waals surface area contributed by atoms with Crippen LogP contribution in [0.5, 0.6) is 0 Å². The maximum absolute atomic E-state index is 13.3. The van der Waals surface area contributed by atoms with Crippen LogP contribution in [0.25, 0.3) is 0 Å². The minimum atomic E-state index is -0.645. The van der Waals surface area contributed by atoms with Crippen LogP contribution in [0, 0.1) is 5.82 Å². The second-order valence-electron chi connectivity index (χ2n) is 5.50. The molecule has 3 nitrogen and oxygen atoms in total. The molecule has 19 heavy (non-hydrogen) atoms. The molecule has 0 aromatic heterocycles. The highest BCUT2D eigenvalue weighted by Gasteiger charge is 2.21. The van der Waals surface area contributed by atoms with E-state index >= 15 is 0 Å². The van der Waals surface area contributed by atoms with E-state index in [0.717, 1.165) is 31.9 Å². The first kappa shape index (κ1) is 14.3. The van der Waals surface area contributed by atoms with Gasteiger partial charge in [-0.25, -0.2) is 4.39 Å². The number of halogens is 1. The maximum atomic E-state index is 13.3. The summed E-state index contributed by atoms with van der Waals surface area (Å²) < 4.78 is 13.3. The van der Waals surface area contributed by atoms with Crippen LogP contribution >= 0.6 is 0 Å². The molecular formula is C15H23FN2O. The van der Waals surface area contributed by atoms with Crippen molar-refractivity contribution in [2.24, 2.45) is 0 Å². The fraction of sp³-hybridized carbons (Fsp3) is 0.600. The molecule has 1 aromatic rings. The SMILES string of the molecule is CC(O)c1cc(F)ccc1N1CCN(C(C)C)CC1. The lowest BCUT2D eigenvalue weighted by molar-refractivity contribution is 0.195. The van der Waals surface area contributed by atoms with Gasteiger partial charge in [0.1, 0.15) is 5.82 Å². The molecule has 0 saturated carbocycles. The Labute approximate surface area is 114 Å². The average molecular weight is 266 g/mol. The van der Waals surface area contributed by atoms with Gasteiger partial charge in [0.2, 0.25) is 0 Å². The zero-order valence-electron chi connectivity index (χ0n) is 11.9. The summed E-state index contributed by atoms with van der Waals surface area (Å²) in [5.41, 5.74) is 1.64. The predicted octanol–water partition coefficient (Wildman–Crippen LogP) is 2.41. The molecule has 1 aromatic carbocycles. The van der Waals surface area contributed by atoms with E-state index < -0.39 is 6.10 Å². The summed E-state index contributed by atoms with van der Waals surface area (Å²) in [6.45, 7) is 9.95. The van der Waals surface area contributed by atoms with Crippen LogP contribution in [0.1, 0.15) is 32.4 Å². The fourth-order valence-corrected chi connectivity index (χ4v) is 2.63. The third kappa shape index (κ3) is 3.25.